The monoisotopic (exact) mass is 600 g/mol. The van der Waals surface area contributed by atoms with Crippen molar-refractivity contribution in [2.24, 2.45) is 4.99 Å². The Bertz CT molecular complexity index is 1270. The molecule has 0 aliphatic rings. The Hall–Kier alpha value is -3.04. The molecule has 10 heteroatoms. The smallest absolute Gasteiger partial charge is 0.159 e. The summed E-state index contributed by atoms with van der Waals surface area (Å²) in [6, 6.07) is 18.9. The summed E-state index contributed by atoms with van der Waals surface area (Å²) in [5, 5.41) is 7.41. The molecular weight excluding hydrogens is 563 g/mol. The molecule has 214 valence electrons. The summed E-state index contributed by atoms with van der Waals surface area (Å²) >= 11 is 17.9. The number of thiocarbonyl (C=S) groups is 1. The van der Waals surface area contributed by atoms with Gasteiger partial charge >= 0.3 is 0 Å². The van der Waals surface area contributed by atoms with Crippen molar-refractivity contribution in [3.63, 3.8) is 0 Å². The van der Waals surface area contributed by atoms with Crippen molar-refractivity contribution in [2.45, 2.75) is 26.9 Å². The van der Waals surface area contributed by atoms with Crippen molar-refractivity contribution in [3.05, 3.63) is 87.5 Å². The van der Waals surface area contributed by atoms with Crippen LogP contribution in [-0.2, 0) is 4.79 Å². The summed E-state index contributed by atoms with van der Waals surface area (Å²) in [4.78, 5) is 25.8. The van der Waals surface area contributed by atoms with Crippen LogP contribution in [0.25, 0.3) is 0 Å². The molecule has 1 aromatic heterocycles. The van der Waals surface area contributed by atoms with E-state index in [0.717, 1.165) is 29.0 Å². The second kappa shape index (κ2) is 17.6. The molecule has 0 fully saturated rings. The molecule has 3 aromatic rings. The summed E-state index contributed by atoms with van der Waals surface area (Å²) in [5.74, 6) is 0.857. The maximum absolute atomic E-state index is 12.2. The van der Waals surface area contributed by atoms with Gasteiger partial charge < -0.3 is 15.1 Å². The molecule has 0 spiro atoms. The molecule has 0 aliphatic heterocycles. The van der Waals surface area contributed by atoms with Crippen molar-refractivity contribution < 1.29 is 4.79 Å². The number of nitrogens with zero attached hydrogens (tertiary/aromatic N) is 4. The summed E-state index contributed by atoms with van der Waals surface area (Å²) < 4.78 is 0. The lowest BCUT2D eigenvalue weighted by atomic mass is 9.99. The minimum Gasteiger partial charge on any atom is -0.380 e. The van der Waals surface area contributed by atoms with Gasteiger partial charge in [-0.05, 0) is 43.3 Å². The Morgan fingerprint density at radius 2 is 1.75 bits per heavy atom. The number of rotatable bonds is 14. The van der Waals surface area contributed by atoms with Gasteiger partial charge in [0.2, 0.25) is 0 Å². The fourth-order valence-corrected chi connectivity index (χ4v) is 4.46. The number of aryl methyl sites for hydroxylation is 1. The van der Waals surface area contributed by atoms with Crippen molar-refractivity contribution in [1.29, 1.82) is 0 Å². The van der Waals surface area contributed by atoms with Crippen LogP contribution in [0.3, 0.4) is 0 Å². The zero-order valence-electron chi connectivity index (χ0n) is 23.7. The first-order valence-electron chi connectivity index (χ1n) is 13.2. The van der Waals surface area contributed by atoms with Gasteiger partial charge in [0.1, 0.15) is 5.82 Å². The van der Waals surface area contributed by atoms with Crippen molar-refractivity contribution in [3.8, 4) is 0 Å². The molecule has 0 saturated carbocycles. The van der Waals surface area contributed by atoms with Crippen LogP contribution in [0.15, 0.2) is 65.7 Å². The number of carbonyl (C=O) groups excluding carboxylic acids is 1. The van der Waals surface area contributed by atoms with Gasteiger partial charge in [-0.2, -0.15) is 0 Å². The predicted molar refractivity (Wildman–Crippen MR) is 175 cm³/mol. The number of anilines is 2. The summed E-state index contributed by atoms with van der Waals surface area (Å²) in [5.41, 5.74) is 5.41. The Morgan fingerprint density at radius 1 is 1.02 bits per heavy atom. The molecule has 0 saturated heterocycles. The first-order chi connectivity index (χ1) is 19.3. The fraction of sp³-hybridized carbons (Fsp3) is 0.333. The number of carbonyl (C=O) groups is 1. The third kappa shape index (κ3) is 9.86. The van der Waals surface area contributed by atoms with E-state index in [4.69, 9.17) is 40.4 Å². The maximum atomic E-state index is 12.2. The Morgan fingerprint density at radius 3 is 2.40 bits per heavy atom. The summed E-state index contributed by atoms with van der Waals surface area (Å²) in [7, 11) is 3.89. The molecule has 2 aromatic carbocycles. The van der Waals surface area contributed by atoms with Gasteiger partial charge in [-0.25, -0.2) is 4.98 Å². The van der Waals surface area contributed by atoms with E-state index in [-0.39, 0.29) is 0 Å². The number of aliphatic imine (C=N–C) groups is 1. The van der Waals surface area contributed by atoms with Crippen LogP contribution >= 0.6 is 35.4 Å². The largest absolute Gasteiger partial charge is 0.380 e. The number of pyridine rings is 1. The first-order valence-corrected chi connectivity index (χ1v) is 14.4. The lowest BCUT2D eigenvalue weighted by Gasteiger charge is -2.25. The van der Waals surface area contributed by atoms with Crippen LogP contribution in [0.4, 0.5) is 11.5 Å². The highest BCUT2D eigenvalue weighted by Crippen LogP contribution is 2.29. The number of nitrogens with one attached hydrogen (secondary N) is 2. The van der Waals surface area contributed by atoms with Gasteiger partial charge in [-0.15, -0.1) is 0 Å². The second-order valence-corrected chi connectivity index (χ2v) is 9.82. The van der Waals surface area contributed by atoms with Crippen molar-refractivity contribution >= 4 is 64.4 Å². The van der Waals surface area contributed by atoms with E-state index in [9.17, 15) is 4.79 Å². The van der Waals surface area contributed by atoms with Gasteiger partial charge in [-0.1, -0.05) is 73.5 Å². The molecule has 0 aliphatic carbocycles. The summed E-state index contributed by atoms with van der Waals surface area (Å²) in [6.45, 7) is 8.43. The third-order valence-electron chi connectivity index (χ3n) is 5.76. The van der Waals surface area contributed by atoms with E-state index in [2.05, 4.69) is 20.5 Å². The van der Waals surface area contributed by atoms with Crippen molar-refractivity contribution in [2.75, 3.05) is 50.1 Å². The number of aromatic nitrogens is 1. The molecule has 3 rings (SSSR count). The SMILES string of the molecule is CC.Cc1cccc(N(CCNC=S)CCNC(C=O)/N=C(/c2ccccc2Cl)c2cc(Cl)ccc2N(C)C)n1. The highest BCUT2D eigenvalue weighted by Gasteiger charge is 2.19. The number of halogens is 2. The highest BCUT2D eigenvalue weighted by atomic mass is 35.5. The zero-order chi connectivity index (χ0) is 29.5. The van der Waals surface area contributed by atoms with Crippen LogP contribution in [0.5, 0.6) is 0 Å². The fourth-order valence-electron chi connectivity index (χ4n) is 3.94. The van der Waals surface area contributed by atoms with E-state index in [1.165, 1.54) is 5.49 Å². The van der Waals surface area contributed by atoms with Crippen LogP contribution < -0.4 is 20.4 Å². The normalized spacial score (nSPS) is 11.6. The molecule has 0 bridgehead atoms. The average Bonchev–Trinajstić information content (AvgIpc) is 2.95. The molecular formula is C30H38Cl2N6OS. The predicted octanol–water partition coefficient (Wildman–Crippen LogP) is 5.79. The second-order valence-electron chi connectivity index (χ2n) is 8.74. The quantitative estimate of drug-likeness (QED) is 0.105. The van der Waals surface area contributed by atoms with E-state index >= 15 is 0 Å². The van der Waals surface area contributed by atoms with E-state index in [1.54, 1.807) is 6.07 Å². The Balaban J connectivity index is 0.00000274. The zero-order valence-corrected chi connectivity index (χ0v) is 26.0. The minimum atomic E-state index is -0.804. The Labute approximate surface area is 253 Å². The summed E-state index contributed by atoms with van der Waals surface area (Å²) in [6.07, 6.45) is -0.0126. The minimum absolute atomic E-state index is 0.492. The molecule has 1 atom stereocenters. The number of aldehydes is 1. The number of benzene rings is 2. The molecule has 0 radical (unpaired) electrons. The van der Waals surface area contributed by atoms with E-state index in [0.29, 0.717) is 47.5 Å². The standard InChI is InChI=1S/C28H32Cl2N6OS.C2H6/c1-20-7-6-10-27(33-20)36(15-13-31-19-38)16-14-32-26(18-37)34-28(22-8-4-5-9-24(22)30)23-17-21(29)11-12-25(23)35(2)3;1-2/h4-12,17-19,26,32H,13-16H2,1-3H3,(H,31,38);1-2H3/b34-28-;. The van der Waals surface area contributed by atoms with E-state index in [1.807, 2.05) is 94.4 Å². The maximum Gasteiger partial charge on any atom is 0.159 e. The lowest BCUT2D eigenvalue weighted by Crippen LogP contribution is -2.40. The number of hydrogen-bond acceptors (Lipinski definition) is 7. The van der Waals surface area contributed by atoms with Gasteiger partial charge in [0.25, 0.3) is 0 Å². The molecule has 1 heterocycles. The topological polar surface area (TPSA) is 72.9 Å². The van der Waals surface area contributed by atoms with Gasteiger partial charge in [-0.3, -0.25) is 15.1 Å². The van der Waals surface area contributed by atoms with Gasteiger partial charge in [0, 0.05) is 72.8 Å². The van der Waals surface area contributed by atoms with Crippen molar-refractivity contribution in [1.82, 2.24) is 15.6 Å². The van der Waals surface area contributed by atoms with Gasteiger partial charge in [0.15, 0.2) is 12.5 Å². The molecule has 40 heavy (non-hydrogen) atoms. The van der Waals surface area contributed by atoms with Gasteiger partial charge in [0.05, 0.1) is 11.2 Å². The van der Waals surface area contributed by atoms with Crippen LogP contribution in [0.1, 0.15) is 30.7 Å². The van der Waals surface area contributed by atoms with Crippen LogP contribution in [0, 0.1) is 6.92 Å². The molecule has 7 nitrogen and oxygen atoms in total. The number of hydrogen-bond donors (Lipinski definition) is 2. The van der Waals surface area contributed by atoms with Crippen LogP contribution in [0.2, 0.25) is 10.0 Å². The first kappa shape index (κ1) is 33.2. The third-order valence-corrected chi connectivity index (χ3v) is 6.50. The van der Waals surface area contributed by atoms with E-state index < -0.39 is 6.17 Å². The molecule has 0 amide bonds. The Kier molecular flexibility index (Phi) is 14.6. The molecule has 1 unspecified atom stereocenters. The molecule has 2 N–H and O–H groups in total. The van der Waals surface area contributed by atoms with Crippen LogP contribution in [-0.4, -0.2) is 68.9 Å². The highest BCUT2D eigenvalue weighted by molar-refractivity contribution is 7.78. The average molecular weight is 602 g/mol. The lowest BCUT2D eigenvalue weighted by molar-refractivity contribution is -0.109.